The summed E-state index contributed by atoms with van der Waals surface area (Å²) in [6, 6.07) is 14.1. The third kappa shape index (κ3) is 7.30. The Morgan fingerprint density at radius 1 is 1.14 bits per heavy atom. The van der Waals surface area contributed by atoms with E-state index >= 15 is 0 Å². The molecule has 190 valence electrons. The highest BCUT2D eigenvalue weighted by Crippen LogP contribution is 2.31. The van der Waals surface area contributed by atoms with E-state index in [0.717, 1.165) is 11.6 Å². The Labute approximate surface area is 202 Å². The first-order valence-corrected chi connectivity index (χ1v) is 10.9. The second-order valence-electron chi connectivity index (χ2n) is 8.04. The van der Waals surface area contributed by atoms with Gasteiger partial charge in [0.25, 0.3) is 5.91 Å². The summed E-state index contributed by atoms with van der Waals surface area (Å²) in [6.07, 6.45) is -3.91. The zero-order chi connectivity index (χ0) is 26.2. The Balaban J connectivity index is 2.19. The molecule has 0 saturated carbocycles. The largest absolute Gasteiger partial charge is 0.420 e. The Morgan fingerprint density at radius 3 is 2.26 bits per heavy atom. The number of nitrogens with zero attached hydrogens (tertiary/aromatic N) is 2. The van der Waals surface area contributed by atoms with E-state index in [4.69, 9.17) is 5.73 Å². The third-order valence-corrected chi connectivity index (χ3v) is 5.55. The fourth-order valence-corrected chi connectivity index (χ4v) is 3.36. The molecule has 2 aromatic carbocycles. The standard InChI is InChI=1S/C25H30F4N4O2/c1-4-21(22(30)32(3)20-13-11-19(26)12-14-20)23(34)31-16-24(35,25(27,28)29)17-33(5-2)15-18-9-7-6-8-10-18/h4,6-14,35H,1,5,15-17,30H2,2-3H3,(H,31,34)/b22-21+. The van der Waals surface area contributed by atoms with Crippen LogP contribution in [0.1, 0.15) is 12.5 Å². The predicted molar refractivity (Wildman–Crippen MR) is 128 cm³/mol. The SMILES string of the molecule is C=C/C(C(=O)NCC(O)(CN(CC)Cc1ccccc1)C(F)(F)F)=C(/N)N(C)c1ccc(F)cc1. The van der Waals surface area contributed by atoms with Gasteiger partial charge in [-0.2, -0.15) is 13.2 Å². The Bertz CT molecular complexity index is 1030. The summed E-state index contributed by atoms with van der Waals surface area (Å²) in [7, 11) is 1.51. The minimum absolute atomic E-state index is 0.112. The number of carbonyl (C=O) groups is 1. The van der Waals surface area contributed by atoms with Crippen molar-refractivity contribution < 1.29 is 27.5 Å². The monoisotopic (exact) mass is 494 g/mol. The lowest BCUT2D eigenvalue weighted by atomic mass is 10.0. The lowest BCUT2D eigenvalue weighted by Crippen LogP contribution is -2.59. The van der Waals surface area contributed by atoms with E-state index in [2.05, 4.69) is 11.9 Å². The van der Waals surface area contributed by atoms with Gasteiger partial charge in [-0.25, -0.2) is 4.39 Å². The Morgan fingerprint density at radius 2 is 1.74 bits per heavy atom. The van der Waals surface area contributed by atoms with Crippen LogP contribution in [0, 0.1) is 5.82 Å². The number of benzene rings is 2. The van der Waals surface area contributed by atoms with E-state index in [1.807, 2.05) is 0 Å². The van der Waals surface area contributed by atoms with E-state index in [0.29, 0.717) is 5.69 Å². The molecular formula is C25H30F4N4O2. The number of anilines is 1. The van der Waals surface area contributed by atoms with Crippen LogP contribution in [0.25, 0.3) is 0 Å². The van der Waals surface area contributed by atoms with Crippen molar-refractivity contribution in [3.05, 3.63) is 90.0 Å². The normalized spacial score (nSPS) is 14.2. The maximum absolute atomic E-state index is 13.9. The van der Waals surface area contributed by atoms with Gasteiger partial charge in [0, 0.05) is 25.8 Å². The van der Waals surface area contributed by atoms with Crippen molar-refractivity contribution in [2.75, 3.05) is 31.6 Å². The highest BCUT2D eigenvalue weighted by molar-refractivity contribution is 5.97. The van der Waals surface area contributed by atoms with Crippen LogP contribution in [0.2, 0.25) is 0 Å². The fourth-order valence-electron chi connectivity index (χ4n) is 3.36. The molecule has 0 heterocycles. The molecule has 0 bridgehead atoms. The molecule has 0 aliphatic carbocycles. The minimum Gasteiger partial charge on any atom is -0.384 e. The number of alkyl halides is 3. The quantitative estimate of drug-likeness (QED) is 0.253. The number of aliphatic hydroxyl groups is 1. The van der Waals surface area contributed by atoms with Crippen molar-refractivity contribution in [3.63, 3.8) is 0 Å². The van der Waals surface area contributed by atoms with Gasteiger partial charge in [-0.05, 0) is 36.4 Å². The van der Waals surface area contributed by atoms with Crippen LogP contribution in [0.4, 0.5) is 23.2 Å². The van der Waals surface area contributed by atoms with Crippen LogP contribution in [0.3, 0.4) is 0 Å². The summed E-state index contributed by atoms with van der Waals surface area (Å²) in [5.41, 5.74) is 3.87. The third-order valence-electron chi connectivity index (χ3n) is 5.55. The molecule has 10 heteroatoms. The van der Waals surface area contributed by atoms with Crippen LogP contribution in [-0.4, -0.2) is 54.4 Å². The average molecular weight is 495 g/mol. The van der Waals surface area contributed by atoms with Gasteiger partial charge >= 0.3 is 6.18 Å². The molecule has 1 atom stereocenters. The summed E-state index contributed by atoms with van der Waals surface area (Å²) in [5, 5.41) is 12.7. The number of hydrogen-bond donors (Lipinski definition) is 3. The van der Waals surface area contributed by atoms with Gasteiger partial charge < -0.3 is 21.1 Å². The first-order valence-electron chi connectivity index (χ1n) is 10.9. The molecule has 2 aromatic rings. The van der Waals surface area contributed by atoms with Crippen LogP contribution in [0.15, 0.2) is 78.6 Å². The molecule has 35 heavy (non-hydrogen) atoms. The van der Waals surface area contributed by atoms with E-state index in [9.17, 15) is 27.5 Å². The lowest BCUT2D eigenvalue weighted by Gasteiger charge is -2.35. The van der Waals surface area contributed by atoms with E-state index in [1.165, 1.54) is 41.1 Å². The Kier molecular flexibility index (Phi) is 9.44. The molecule has 0 spiro atoms. The first-order chi connectivity index (χ1) is 16.4. The van der Waals surface area contributed by atoms with Gasteiger partial charge in [0.1, 0.15) is 11.6 Å². The molecule has 2 rings (SSSR count). The number of halogens is 4. The maximum atomic E-state index is 13.9. The van der Waals surface area contributed by atoms with Gasteiger partial charge in [-0.1, -0.05) is 49.9 Å². The van der Waals surface area contributed by atoms with Crippen molar-refractivity contribution in [1.29, 1.82) is 0 Å². The molecule has 0 aliphatic rings. The maximum Gasteiger partial charge on any atom is 0.420 e. The number of nitrogens with two attached hydrogens (primary N) is 1. The van der Waals surface area contributed by atoms with Crippen molar-refractivity contribution >= 4 is 11.6 Å². The fraction of sp³-hybridized carbons (Fsp3) is 0.320. The number of nitrogens with one attached hydrogen (secondary N) is 1. The molecule has 1 unspecified atom stereocenters. The summed E-state index contributed by atoms with van der Waals surface area (Å²) < 4.78 is 54.9. The zero-order valence-corrected chi connectivity index (χ0v) is 19.6. The second-order valence-corrected chi connectivity index (χ2v) is 8.04. The van der Waals surface area contributed by atoms with Crippen LogP contribution in [0.5, 0.6) is 0 Å². The summed E-state index contributed by atoms with van der Waals surface area (Å²) in [4.78, 5) is 15.5. The molecular weight excluding hydrogens is 464 g/mol. The smallest absolute Gasteiger partial charge is 0.384 e. The molecule has 0 aromatic heterocycles. The molecule has 0 saturated heterocycles. The first kappa shape index (κ1) is 27.9. The van der Waals surface area contributed by atoms with Crippen molar-refractivity contribution in [1.82, 2.24) is 10.2 Å². The topological polar surface area (TPSA) is 81.8 Å². The summed E-state index contributed by atoms with van der Waals surface area (Å²) in [5.74, 6) is -1.52. The zero-order valence-electron chi connectivity index (χ0n) is 19.6. The van der Waals surface area contributed by atoms with Crippen LogP contribution >= 0.6 is 0 Å². The van der Waals surface area contributed by atoms with Gasteiger partial charge in [-0.15, -0.1) is 0 Å². The van der Waals surface area contributed by atoms with Crippen molar-refractivity contribution in [2.24, 2.45) is 5.73 Å². The van der Waals surface area contributed by atoms with E-state index in [-0.39, 0.29) is 24.5 Å². The van der Waals surface area contributed by atoms with Gasteiger partial charge in [0.05, 0.1) is 12.1 Å². The number of hydrogen-bond acceptors (Lipinski definition) is 5. The summed E-state index contributed by atoms with van der Waals surface area (Å²) in [6.45, 7) is 3.79. The highest BCUT2D eigenvalue weighted by Gasteiger charge is 2.54. The lowest BCUT2D eigenvalue weighted by molar-refractivity contribution is -0.262. The number of likely N-dealkylation sites (N-methyl/N-ethyl adjacent to an activating group) is 1. The molecule has 0 aliphatic heterocycles. The average Bonchev–Trinajstić information content (AvgIpc) is 2.82. The van der Waals surface area contributed by atoms with Crippen LogP contribution < -0.4 is 16.0 Å². The number of carbonyl (C=O) groups excluding carboxylic acids is 1. The van der Waals surface area contributed by atoms with Crippen molar-refractivity contribution in [3.8, 4) is 0 Å². The van der Waals surface area contributed by atoms with Gasteiger partial charge in [-0.3, -0.25) is 9.69 Å². The van der Waals surface area contributed by atoms with Crippen LogP contribution in [-0.2, 0) is 11.3 Å². The highest BCUT2D eigenvalue weighted by atomic mass is 19.4. The molecule has 0 radical (unpaired) electrons. The number of amides is 1. The second kappa shape index (κ2) is 11.9. The molecule has 0 fully saturated rings. The van der Waals surface area contributed by atoms with Gasteiger partial charge in [0.2, 0.25) is 0 Å². The van der Waals surface area contributed by atoms with E-state index in [1.54, 1.807) is 37.3 Å². The van der Waals surface area contributed by atoms with Crippen molar-refractivity contribution in [2.45, 2.75) is 25.2 Å². The molecule has 6 nitrogen and oxygen atoms in total. The Hall–Kier alpha value is -3.37. The molecule has 1 amide bonds. The summed E-state index contributed by atoms with van der Waals surface area (Å²) >= 11 is 0. The number of rotatable bonds is 11. The minimum atomic E-state index is -5.01. The predicted octanol–water partition coefficient (Wildman–Crippen LogP) is 3.55. The molecule has 4 N–H and O–H groups in total. The van der Waals surface area contributed by atoms with Gasteiger partial charge in [0.15, 0.2) is 5.60 Å². The van der Waals surface area contributed by atoms with E-state index < -0.39 is 36.6 Å².